The third-order valence-electron chi connectivity index (χ3n) is 4.83. The van der Waals surface area contributed by atoms with Gasteiger partial charge in [-0.3, -0.25) is 4.99 Å². The first-order valence-electron chi connectivity index (χ1n) is 10.2. The third-order valence-corrected chi connectivity index (χ3v) is 4.83. The minimum absolute atomic E-state index is 0.505. The topological polar surface area (TPSA) is 58.1 Å². The fourth-order valence-electron chi connectivity index (χ4n) is 3.21. The van der Waals surface area contributed by atoms with Gasteiger partial charge < -0.3 is 25.0 Å². The molecule has 6 nitrogen and oxygen atoms in total. The smallest absolute Gasteiger partial charge is 0.191 e. The molecule has 0 spiro atoms. The molecular weight excluding hydrogens is 340 g/mol. The molecule has 0 unspecified atom stereocenters. The first-order valence-corrected chi connectivity index (χ1v) is 10.2. The van der Waals surface area contributed by atoms with Crippen LogP contribution in [0.2, 0.25) is 0 Å². The van der Waals surface area contributed by atoms with Gasteiger partial charge in [-0.1, -0.05) is 6.07 Å². The molecule has 0 radical (unpaired) electrons. The fourth-order valence-corrected chi connectivity index (χ4v) is 3.21. The Kier molecular flexibility index (Phi) is 9.25. The van der Waals surface area contributed by atoms with Crippen molar-refractivity contribution >= 4 is 5.96 Å². The van der Waals surface area contributed by atoms with Gasteiger partial charge >= 0.3 is 0 Å². The van der Waals surface area contributed by atoms with Crippen molar-refractivity contribution in [3.05, 3.63) is 24.3 Å². The zero-order valence-corrected chi connectivity index (χ0v) is 17.3. The number of methoxy groups -OCH3 is 1. The Labute approximate surface area is 164 Å². The van der Waals surface area contributed by atoms with Crippen LogP contribution in [0.25, 0.3) is 0 Å². The summed E-state index contributed by atoms with van der Waals surface area (Å²) in [6.07, 6.45) is 3.21. The predicted octanol–water partition coefficient (Wildman–Crippen LogP) is 2.89. The van der Waals surface area contributed by atoms with Crippen LogP contribution in [0.4, 0.5) is 0 Å². The highest BCUT2D eigenvalue weighted by Gasteiger charge is 2.21. The van der Waals surface area contributed by atoms with E-state index in [0.29, 0.717) is 18.7 Å². The molecule has 0 bridgehead atoms. The second-order valence-corrected chi connectivity index (χ2v) is 7.19. The molecule has 152 valence electrons. The van der Waals surface area contributed by atoms with Gasteiger partial charge in [-0.25, -0.2) is 0 Å². The van der Waals surface area contributed by atoms with Crippen LogP contribution in [0.5, 0.6) is 11.5 Å². The van der Waals surface area contributed by atoms with Gasteiger partial charge in [-0.05, 0) is 45.7 Å². The quantitative estimate of drug-likeness (QED) is 0.394. The van der Waals surface area contributed by atoms with Gasteiger partial charge in [0.15, 0.2) is 5.96 Å². The molecule has 27 heavy (non-hydrogen) atoms. The lowest BCUT2D eigenvalue weighted by Gasteiger charge is -2.35. The fraction of sp³-hybridized carbons (Fsp3) is 0.667. The van der Waals surface area contributed by atoms with Crippen LogP contribution < -0.4 is 20.1 Å². The molecule has 2 N–H and O–H groups in total. The number of hydrogen-bond donors (Lipinski definition) is 2. The second kappa shape index (κ2) is 11.7. The molecule has 1 fully saturated rings. The average Bonchev–Trinajstić information content (AvgIpc) is 2.68. The van der Waals surface area contributed by atoms with Crippen LogP contribution in [0.3, 0.4) is 0 Å². The van der Waals surface area contributed by atoms with Crippen molar-refractivity contribution in [2.75, 3.05) is 39.9 Å². The van der Waals surface area contributed by atoms with Crippen LogP contribution in [0.15, 0.2) is 29.3 Å². The number of piperidine rings is 1. The van der Waals surface area contributed by atoms with Crippen LogP contribution in [0.1, 0.15) is 40.0 Å². The van der Waals surface area contributed by atoms with Crippen molar-refractivity contribution in [3.8, 4) is 11.5 Å². The minimum atomic E-state index is 0.505. The number of nitrogens with zero attached hydrogens (tertiary/aromatic N) is 2. The number of likely N-dealkylation sites (tertiary alicyclic amines) is 1. The Morgan fingerprint density at radius 2 is 2.00 bits per heavy atom. The van der Waals surface area contributed by atoms with Crippen LogP contribution in [-0.2, 0) is 0 Å². The number of rotatable bonds is 9. The summed E-state index contributed by atoms with van der Waals surface area (Å²) in [4.78, 5) is 7.24. The summed E-state index contributed by atoms with van der Waals surface area (Å²) >= 11 is 0. The van der Waals surface area contributed by atoms with Gasteiger partial charge in [0, 0.05) is 50.7 Å². The van der Waals surface area contributed by atoms with Crippen LogP contribution in [-0.4, -0.2) is 62.8 Å². The summed E-state index contributed by atoms with van der Waals surface area (Å²) in [5.41, 5.74) is 0. The molecule has 1 heterocycles. The highest BCUT2D eigenvalue weighted by molar-refractivity contribution is 5.80. The first-order chi connectivity index (χ1) is 13.1. The summed E-state index contributed by atoms with van der Waals surface area (Å²) < 4.78 is 11.0. The monoisotopic (exact) mass is 376 g/mol. The molecular formula is C21H36N4O2. The van der Waals surface area contributed by atoms with Gasteiger partial charge in [0.1, 0.15) is 11.5 Å². The molecule has 1 aliphatic heterocycles. The lowest BCUT2D eigenvalue weighted by atomic mass is 10.0. The normalized spacial score (nSPS) is 16.4. The zero-order valence-electron chi connectivity index (χ0n) is 17.3. The van der Waals surface area contributed by atoms with Gasteiger partial charge in [0.2, 0.25) is 0 Å². The summed E-state index contributed by atoms with van der Waals surface area (Å²) in [6.45, 7) is 11.2. The van der Waals surface area contributed by atoms with Gasteiger partial charge in [0.05, 0.1) is 13.7 Å². The summed E-state index contributed by atoms with van der Waals surface area (Å²) in [5, 5.41) is 6.95. The molecule has 0 amide bonds. The van der Waals surface area contributed by atoms with E-state index >= 15 is 0 Å². The Morgan fingerprint density at radius 3 is 2.67 bits per heavy atom. The SMILES string of the molecule is CCNC(=NCCCOc1cccc(OC)c1)NC1CCN(C(C)C)CC1. The molecule has 0 atom stereocenters. The van der Waals surface area contributed by atoms with Crippen molar-refractivity contribution in [2.45, 2.75) is 52.1 Å². The van der Waals surface area contributed by atoms with E-state index in [0.717, 1.165) is 50.1 Å². The molecule has 0 saturated carbocycles. The number of ether oxygens (including phenoxy) is 2. The van der Waals surface area contributed by atoms with Crippen LogP contribution >= 0.6 is 0 Å². The standard InChI is InChI=1S/C21H36N4O2/c1-5-22-21(24-18-10-13-25(14-11-18)17(2)3)23-12-7-15-27-20-9-6-8-19(16-20)26-4/h6,8-9,16-18H,5,7,10-15H2,1-4H3,(H2,22,23,24). The number of aliphatic imine (C=N–C) groups is 1. The number of benzene rings is 1. The zero-order chi connectivity index (χ0) is 19.5. The third kappa shape index (κ3) is 7.67. The van der Waals surface area contributed by atoms with Crippen molar-refractivity contribution < 1.29 is 9.47 Å². The maximum absolute atomic E-state index is 5.78. The van der Waals surface area contributed by atoms with Crippen LogP contribution in [0, 0.1) is 0 Å². The highest BCUT2D eigenvalue weighted by Crippen LogP contribution is 2.18. The largest absolute Gasteiger partial charge is 0.497 e. The van der Waals surface area contributed by atoms with E-state index in [1.807, 2.05) is 24.3 Å². The molecule has 2 rings (SSSR count). The molecule has 1 aromatic rings. The second-order valence-electron chi connectivity index (χ2n) is 7.19. The molecule has 1 saturated heterocycles. The highest BCUT2D eigenvalue weighted by atomic mass is 16.5. The maximum atomic E-state index is 5.78. The molecule has 1 aromatic carbocycles. The number of hydrogen-bond acceptors (Lipinski definition) is 4. The van der Waals surface area contributed by atoms with Gasteiger partial charge in [0.25, 0.3) is 0 Å². The average molecular weight is 377 g/mol. The molecule has 1 aliphatic rings. The minimum Gasteiger partial charge on any atom is -0.497 e. The Morgan fingerprint density at radius 1 is 1.26 bits per heavy atom. The predicted molar refractivity (Wildman–Crippen MR) is 112 cm³/mol. The van der Waals surface area contributed by atoms with E-state index in [1.165, 1.54) is 12.8 Å². The number of nitrogens with one attached hydrogen (secondary N) is 2. The number of guanidine groups is 1. The van der Waals surface area contributed by atoms with E-state index in [1.54, 1.807) is 7.11 Å². The summed E-state index contributed by atoms with van der Waals surface area (Å²) in [7, 11) is 1.66. The van der Waals surface area contributed by atoms with Crippen molar-refractivity contribution in [1.29, 1.82) is 0 Å². The van der Waals surface area contributed by atoms with E-state index in [2.05, 4.69) is 36.3 Å². The summed E-state index contributed by atoms with van der Waals surface area (Å²) in [6, 6.07) is 8.84. The van der Waals surface area contributed by atoms with Crippen molar-refractivity contribution in [3.63, 3.8) is 0 Å². The first kappa shape index (κ1) is 21.4. The lowest BCUT2D eigenvalue weighted by Crippen LogP contribution is -2.49. The van der Waals surface area contributed by atoms with Crippen molar-refractivity contribution in [1.82, 2.24) is 15.5 Å². The molecule has 6 heteroatoms. The Bertz CT molecular complexity index is 569. The van der Waals surface area contributed by atoms with E-state index in [4.69, 9.17) is 14.5 Å². The van der Waals surface area contributed by atoms with Crippen molar-refractivity contribution in [2.24, 2.45) is 4.99 Å². The summed E-state index contributed by atoms with van der Waals surface area (Å²) in [5.74, 6) is 2.56. The Hall–Kier alpha value is -1.95. The van der Waals surface area contributed by atoms with E-state index < -0.39 is 0 Å². The van der Waals surface area contributed by atoms with E-state index in [9.17, 15) is 0 Å². The lowest BCUT2D eigenvalue weighted by molar-refractivity contribution is 0.167. The molecule has 0 aliphatic carbocycles. The van der Waals surface area contributed by atoms with E-state index in [-0.39, 0.29) is 0 Å². The maximum Gasteiger partial charge on any atom is 0.191 e. The Balaban J connectivity index is 1.71. The van der Waals surface area contributed by atoms with Gasteiger partial charge in [-0.2, -0.15) is 0 Å². The van der Waals surface area contributed by atoms with Gasteiger partial charge in [-0.15, -0.1) is 0 Å². The molecule has 0 aromatic heterocycles.